The molecule has 0 aliphatic carbocycles. The first-order valence-electron chi connectivity index (χ1n) is 9.82. The van der Waals surface area contributed by atoms with Gasteiger partial charge in [-0.1, -0.05) is 30.3 Å². The minimum absolute atomic E-state index is 0.0293. The van der Waals surface area contributed by atoms with Crippen LogP contribution in [0.2, 0.25) is 0 Å². The third-order valence-corrected chi connectivity index (χ3v) is 6.84. The minimum Gasteiger partial charge on any atom is -0.462 e. The van der Waals surface area contributed by atoms with E-state index in [1.165, 1.54) is 11.3 Å². The van der Waals surface area contributed by atoms with Gasteiger partial charge in [0.25, 0.3) is 5.91 Å². The van der Waals surface area contributed by atoms with E-state index in [9.17, 15) is 9.59 Å². The number of anilines is 1. The Bertz CT molecular complexity index is 843. The molecule has 0 radical (unpaired) electrons. The third-order valence-electron chi connectivity index (χ3n) is 5.68. The van der Waals surface area contributed by atoms with E-state index in [2.05, 4.69) is 10.2 Å². The van der Waals surface area contributed by atoms with Gasteiger partial charge in [-0.15, -0.1) is 11.3 Å². The molecule has 3 saturated heterocycles. The fourth-order valence-electron chi connectivity index (χ4n) is 4.04. The summed E-state index contributed by atoms with van der Waals surface area (Å²) in [6, 6.07) is 11.8. The number of fused-ring (bicyclic) bond motifs is 3. The number of ether oxygens (including phenoxy) is 1. The number of hydrogen-bond acceptors (Lipinski definition) is 5. The zero-order chi connectivity index (χ0) is 19.6. The summed E-state index contributed by atoms with van der Waals surface area (Å²) >= 11 is 1.36. The molecule has 5 rings (SSSR count). The summed E-state index contributed by atoms with van der Waals surface area (Å²) in [6.07, 6.45) is 0. The SMILES string of the molecule is CCOC(=O)c1sc(-c2ccccc2)cc1NC(=O)C[N+]12CCN(CC1)CC2. The Morgan fingerprint density at radius 2 is 1.82 bits per heavy atom. The van der Waals surface area contributed by atoms with E-state index >= 15 is 0 Å². The van der Waals surface area contributed by atoms with Gasteiger partial charge >= 0.3 is 5.97 Å². The summed E-state index contributed by atoms with van der Waals surface area (Å²) < 4.78 is 6.06. The predicted molar refractivity (Wildman–Crippen MR) is 111 cm³/mol. The van der Waals surface area contributed by atoms with Crippen LogP contribution in [-0.2, 0) is 9.53 Å². The van der Waals surface area contributed by atoms with Crippen LogP contribution in [0.4, 0.5) is 5.69 Å². The monoisotopic (exact) mass is 400 g/mol. The third kappa shape index (κ3) is 3.97. The highest BCUT2D eigenvalue weighted by molar-refractivity contribution is 7.18. The molecule has 2 bridgehead atoms. The van der Waals surface area contributed by atoms with Crippen molar-refractivity contribution < 1.29 is 18.8 Å². The maximum absolute atomic E-state index is 12.9. The van der Waals surface area contributed by atoms with E-state index in [1.54, 1.807) is 6.92 Å². The molecule has 0 saturated carbocycles. The molecule has 7 heteroatoms. The summed E-state index contributed by atoms with van der Waals surface area (Å²) in [5, 5.41) is 3.01. The van der Waals surface area contributed by atoms with Crippen LogP contribution in [0, 0.1) is 0 Å². The van der Waals surface area contributed by atoms with Crippen LogP contribution in [-0.4, -0.2) is 73.7 Å². The van der Waals surface area contributed by atoms with Gasteiger partial charge in [-0.25, -0.2) is 4.79 Å². The maximum Gasteiger partial charge on any atom is 0.350 e. The smallest absolute Gasteiger partial charge is 0.350 e. The Labute approximate surface area is 169 Å². The van der Waals surface area contributed by atoms with Gasteiger partial charge in [-0.2, -0.15) is 0 Å². The highest BCUT2D eigenvalue weighted by Crippen LogP contribution is 2.35. The lowest BCUT2D eigenvalue weighted by Crippen LogP contribution is -2.68. The Hall–Kier alpha value is -2.22. The zero-order valence-corrected chi connectivity index (χ0v) is 17.0. The first-order chi connectivity index (χ1) is 13.6. The van der Waals surface area contributed by atoms with Crippen molar-refractivity contribution >= 4 is 28.9 Å². The molecule has 0 unspecified atom stereocenters. The summed E-state index contributed by atoms with van der Waals surface area (Å²) in [6.45, 7) is 8.83. The van der Waals surface area contributed by atoms with Crippen molar-refractivity contribution in [3.8, 4) is 10.4 Å². The van der Waals surface area contributed by atoms with Gasteiger partial charge in [0, 0.05) is 24.5 Å². The van der Waals surface area contributed by atoms with Crippen LogP contribution < -0.4 is 5.32 Å². The van der Waals surface area contributed by atoms with Gasteiger partial charge in [-0.05, 0) is 18.6 Å². The van der Waals surface area contributed by atoms with E-state index in [1.807, 2.05) is 36.4 Å². The standard InChI is InChI=1S/C21H25N3O3S/c1-2-27-21(26)20-17(14-18(28-20)16-6-4-3-5-7-16)22-19(25)15-24-11-8-23(9-12-24)10-13-24/h3-7,14H,2,8-13,15H2,1H3/p+1. The molecule has 4 heterocycles. The number of quaternary nitrogens is 1. The Morgan fingerprint density at radius 1 is 1.14 bits per heavy atom. The van der Waals surface area contributed by atoms with Gasteiger partial charge in [0.2, 0.25) is 0 Å². The van der Waals surface area contributed by atoms with Gasteiger partial charge in [0.05, 0.1) is 31.9 Å². The van der Waals surface area contributed by atoms with Gasteiger partial charge in [0.1, 0.15) is 4.88 Å². The van der Waals surface area contributed by atoms with Crippen molar-refractivity contribution in [2.24, 2.45) is 0 Å². The van der Waals surface area contributed by atoms with Crippen molar-refractivity contribution in [3.63, 3.8) is 0 Å². The lowest BCUT2D eigenvalue weighted by Gasteiger charge is -2.50. The molecule has 1 aromatic carbocycles. The maximum atomic E-state index is 12.9. The topological polar surface area (TPSA) is 58.6 Å². The molecule has 148 valence electrons. The largest absolute Gasteiger partial charge is 0.462 e. The Balaban J connectivity index is 1.54. The molecule has 1 N–H and O–H groups in total. The molecule has 2 aromatic rings. The summed E-state index contributed by atoms with van der Waals surface area (Å²) in [5.41, 5.74) is 1.58. The van der Waals surface area contributed by atoms with Gasteiger partial charge in [-0.3, -0.25) is 9.69 Å². The molecule has 3 fully saturated rings. The van der Waals surface area contributed by atoms with E-state index < -0.39 is 0 Å². The number of thiophene rings is 1. The van der Waals surface area contributed by atoms with Crippen LogP contribution >= 0.6 is 11.3 Å². The normalized spacial score (nSPS) is 23.4. The molecular formula is C21H26N3O3S+. The lowest BCUT2D eigenvalue weighted by molar-refractivity contribution is -0.933. The quantitative estimate of drug-likeness (QED) is 0.598. The number of nitrogens with zero attached hydrogens (tertiary/aromatic N) is 2. The Morgan fingerprint density at radius 3 is 2.46 bits per heavy atom. The molecular weight excluding hydrogens is 374 g/mol. The number of nitrogens with one attached hydrogen (secondary N) is 1. The number of carbonyl (C=O) groups excluding carboxylic acids is 2. The van der Waals surface area contributed by atoms with Crippen molar-refractivity contribution in [2.45, 2.75) is 6.92 Å². The number of amides is 1. The second kappa shape index (κ2) is 8.03. The number of benzene rings is 1. The number of esters is 1. The lowest BCUT2D eigenvalue weighted by atomic mass is 10.1. The van der Waals surface area contributed by atoms with E-state index in [0.717, 1.165) is 54.2 Å². The second-order valence-electron chi connectivity index (χ2n) is 7.50. The van der Waals surface area contributed by atoms with Gasteiger partial charge < -0.3 is 14.5 Å². The van der Waals surface area contributed by atoms with Crippen LogP contribution in [0.3, 0.4) is 0 Å². The number of hydrogen-bond donors (Lipinski definition) is 1. The minimum atomic E-state index is -0.386. The number of piperazine rings is 3. The first kappa shape index (κ1) is 19.1. The fourth-order valence-corrected chi connectivity index (χ4v) is 5.05. The molecule has 28 heavy (non-hydrogen) atoms. The highest BCUT2D eigenvalue weighted by atomic mass is 32.1. The average Bonchev–Trinajstić information content (AvgIpc) is 3.13. The average molecular weight is 401 g/mol. The zero-order valence-electron chi connectivity index (χ0n) is 16.1. The molecule has 3 aliphatic rings. The van der Waals surface area contributed by atoms with Crippen LogP contribution in [0.15, 0.2) is 36.4 Å². The molecule has 1 amide bonds. The van der Waals surface area contributed by atoms with Crippen molar-refractivity contribution in [3.05, 3.63) is 41.3 Å². The van der Waals surface area contributed by atoms with E-state index in [0.29, 0.717) is 23.7 Å². The number of carbonyl (C=O) groups is 2. The Kier molecular flexibility index (Phi) is 5.48. The van der Waals surface area contributed by atoms with Crippen LogP contribution in [0.25, 0.3) is 10.4 Å². The first-order valence-corrected chi connectivity index (χ1v) is 10.6. The summed E-state index contributed by atoms with van der Waals surface area (Å²) in [5.74, 6) is -0.415. The van der Waals surface area contributed by atoms with Crippen molar-refractivity contribution in [2.75, 3.05) is 57.7 Å². The van der Waals surface area contributed by atoms with Gasteiger partial charge in [0.15, 0.2) is 6.54 Å². The molecule has 0 spiro atoms. The van der Waals surface area contributed by atoms with Crippen molar-refractivity contribution in [1.29, 1.82) is 0 Å². The van der Waals surface area contributed by atoms with E-state index in [-0.39, 0.29) is 11.9 Å². The fraction of sp³-hybridized carbons (Fsp3) is 0.429. The van der Waals surface area contributed by atoms with Crippen LogP contribution in [0.5, 0.6) is 0 Å². The molecule has 0 atom stereocenters. The summed E-state index contributed by atoms with van der Waals surface area (Å²) in [7, 11) is 0. The van der Waals surface area contributed by atoms with E-state index in [4.69, 9.17) is 4.74 Å². The van der Waals surface area contributed by atoms with Crippen molar-refractivity contribution in [1.82, 2.24) is 4.90 Å². The molecule has 3 aliphatic heterocycles. The second-order valence-corrected chi connectivity index (χ2v) is 8.55. The highest BCUT2D eigenvalue weighted by Gasteiger charge is 2.40. The van der Waals surface area contributed by atoms with Crippen LogP contribution in [0.1, 0.15) is 16.6 Å². The summed E-state index contributed by atoms with van der Waals surface area (Å²) in [4.78, 5) is 29.1. The molecule has 1 aromatic heterocycles. The predicted octanol–water partition coefficient (Wildman–Crippen LogP) is 2.68. The molecule has 6 nitrogen and oxygen atoms in total. The number of rotatable bonds is 6.